The fourth-order valence-electron chi connectivity index (χ4n) is 0.558. The molecule has 1 heterocycles. The van der Waals surface area contributed by atoms with Crippen molar-refractivity contribution >= 4 is 0 Å². The van der Waals surface area contributed by atoms with E-state index in [1.807, 2.05) is 0 Å². The minimum atomic E-state index is 0.389. The first-order valence-corrected chi connectivity index (χ1v) is 4.98. The van der Waals surface area contributed by atoms with E-state index < -0.39 is 0 Å². The van der Waals surface area contributed by atoms with Gasteiger partial charge in [0.2, 0.25) is 0 Å². The summed E-state index contributed by atoms with van der Waals surface area (Å²) in [6, 6.07) is 0. The Hall–Kier alpha value is 0.690. The van der Waals surface area contributed by atoms with Crippen LogP contribution in [0, 0.1) is 5.92 Å². The molecule has 1 nitrogen and oxygen atoms in total. The van der Waals surface area contributed by atoms with Crippen LogP contribution in [0.2, 0.25) is 0 Å². The van der Waals surface area contributed by atoms with Crippen LogP contribution in [0.25, 0.3) is 0 Å². The van der Waals surface area contributed by atoms with Gasteiger partial charge in [-0.1, -0.05) is 0 Å². The molecule has 0 amide bonds. The molecule has 44 valence electrons. The van der Waals surface area contributed by atoms with Gasteiger partial charge in [-0.25, -0.2) is 0 Å². The van der Waals surface area contributed by atoms with Gasteiger partial charge >= 0.3 is 55.2 Å². The summed E-state index contributed by atoms with van der Waals surface area (Å²) in [4.78, 5) is 0. The molecule has 0 radical (unpaired) electrons. The quantitative estimate of drug-likeness (QED) is 0.268. The van der Waals surface area contributed by atoms with Gasteiger partial charge in [0.05, 0.1) is 0 Å². The Morgan fingerprint density at radius 2 is 2.29 bits per heavy atom. The van der Waals surface area contributed by atoms with E-state index in [1.54, 1.807) is 0 Å². The molecule has 0 spiro atoms. The molecule has 2 atom stereocenters. The van der Waals surface area contributed by atoms with Gasteiger partial charge < -0.3 is 0 Å². The average Bonchev–Trinajstić information content (AvgIpc) is 1.91. The summed E-state index contributed by atoms with van der Waals surface area (Å²) < 4.78 is 4.44. The molecule has 0 aliphatic carbocycles. The van der Waals surface area contributed by atoms with Crippen molar-refractivity contribution in [3.8, 4) is 0 Å². The molecular formula is C5H11IN-. The van der Waals surface area contributed by atoms with Crippen molar-refractivity contribution in [3.63, 3.8) is 0 Å². The zero-order chi connectivity index (χ0) is 5.28. The zero-order valence-electron chi connectivity index (χ0n) is 4.74. The molecule has 1 rings (SSSR count). The second-order valence-electron chi connectivity index (χ2n) is 2.10. The van der Waals surface area contributed by atoms with Gasteiger partial charge in [0, 0.05) is 0 Å². The van der Waals surface area contributed by atoms with E-state index in [2.05, 4.69) is 17.4 Å². The molecule has 0 aromatic carbocycles. The molecule has 2 unspecified atom stereocenters. The van der Waals surface area contributed by atoms with Crippen molar-refractivity contribution in [3.05, 3.63) is 0 Å². The van der Waals surface area contributed by atoms with Gasteiger partial charge in [-0.15, -0.1) is 0 Å². The Balaban J connectivity index is 2.33. The number of hydrogen-bond acceptors (Lipinski definition) is 1. The van der Waals surface area contributed by atoms with Gasteiger partial charge in [-0.05, 0) is 0 Å². The first-order valence-electron chi connectivity index (χ1n) is 2.66. The van der Waals surface area contributed by atoms with Crippen LogP contribution in [-0.2, 0) is 0 Å². The van der Waals surface area contributed by atoms with Crippen LogP contribution >= 0.6 is 0 Å². The fraction of sp³-hybridized carbons (Fsp3) is 1.00. The van der Waals surface area contributed by atoms with Crippen molar-refractivity contribution in [1.29, 1.82) is 0 Å². The minimum absolute atomic E-state index is 0.389. The van der Waals surface area contributed by atoms with E-state index in [0.29, 0.717) is 21.5 Å². The van der Waals surface area contributed by atoms with Crippen molar-refractivity contribution in [2.24, 2.45) is 5.92 Å². The topological polar surface area (TPSA) is 12.0 Å². The van der Waals surface area contributed by atoms with Crippen LogP contribution < -0.4 is 25.0 Å². The van der Waals surface area contributed by atoms with Gasteiger partial charge in [-0.2, -0.15) is 0 Å². The summed E-state index contributed by atoms with van der Waals surface area (Å²) >= 11 is 0.389. The molecule has 0 aromatic rings. The van der Waals surface area contributed by atoms with E-state index in [1.165, 1.54) is 6.54 Å². The van der Waals surface area contributed by atoms with Crippen molar-refractivity contribution in [1.82, 2.24) is 3.53 Å². The predicted octanol–water partition coefficient (Wildman–Crippen LogP) is -2.38. The first kappa shape index (κ1) is 5.82. The van der Waals surface area contributed by atoms with E-state index in [4.69, 9.17) is 0 Å². The summed E-state index contributed by atoms with van der Waals surface area (Å²) in [5.74, 6) is 0.952. The number of rotatable bonds is 0. The molecule has 0 saturated carbocycles. The summed E-state index contributed by atoms with van der Waals surface area (Å²) in [6.45, 7) is 5.94. The van der Waals surface area contributed by atoms with E-state index in [9.17, 15) is 0 Å². The molecule has 7 heavy (non-hydrogen) atoms. The molecule has 1 aliphatic heterocycles. The van der Waals surface area contributed by atoms with Crippen LogP contribution in [0.5, 0.6) is 0 Å². The molecule has 0 aromatic heterocycles. The third-order valence-corrected chi connectivity index (χ3v) is 4.52. The molecule has 0 bridgehead atoms. The number of nitrogens with one attached hydrogen (secondary N) is 1. The third-order valence-electron chi connectivity index (χ3n) is 1.43. The van der Waals surface area contributed by atoms with E-state index in [-0.39, 0.29) is 0 Å². The summed E-state index contributed by atoms with van der Waals surface area (Å²) in [7, 11) is 0. The molecule has 1 saturated heterocycles. The molecule has 1 fully saturated rings. The predicted molar refractivity (Wildman–Crippen MR) is 26.6 cm³/mol. The SMILES string of the molecule is CC1CN[I-]C1C. The van der Waals surface area contributed by atoms with Gasteiger partial charge in [0.15, 0.2) is 0 Å². The Morgan fingerprint density at radius 1 is 1.57 bits per heavy atom. The van der Waals surface area contributed by atoms with Crippen LogP contribution in [0.1, 0.15) is 13.8 Å². The van der Waals surface area contributed by atoms with Gasteiger partial charge in [0.1, 0.15) is 0 Å². The normalized spacial score (nSPS) is 43.1. The summed E-state index contributed by atoms with van der Waals surface area (Å²) in [5, 5.41) is 0. The summed E-state index contributed by atoms with van der Waals surface area (Å²) in [5.41, 5.74) is 0. The standard InChI is InChI=1S/C5H11IN/c1-4-3-7-6-5(4)2/h4-5,7H,3H2,1-2H3/q-1. The van der Waals surface area contributed by atoms with E-state index >= 15 is 0 Å². The average molecular weight is 212 g/mol. The maximum atomic E-state index is 3.43. The van der Waals surface area contributed by atoms with Crippen molar-refractivity contribution in [2.75, 3.05) is 6.54 Å². The van der Waals surface area contributed by atoms with Crippen LogP contribution in [0.4, 0.5) is 0 Å². The van der Waals surface area contributed by atoms with Crippen molar-refractivity contribution in [2.45, 2.75) is 17.8 Å². The first-order chi connectivity index (χ1) is 3.30. The second kappa shape index (κ2) is 2.31. The maximum absolute atomic E-state index is 3.43. The monoisotopic (exact) mass is 212 g/mol. The number of hydrogen-bond donors (Lipinski definition) is 1. The Morgan fingerprint density at radius 3 is 2.43 bits per heavy atom. The van der Waals surface area contributed by atoms with Gasteiger partial charge in [-0.3, -0.25) is 0 Å². The second-order valence-corrected chi connectivity index (χ2v) is 5.45. The van der Waals surface area contributed by atoms with Crippen molar-refractivity contribution < 1.29 is 21.5 Å². The Bertz CT molecular complexity index is 57.1. The number of alkyl halides is 1. The van der Waals surface area contributed by atoms with E-state index in [0.717, 1.165) is 9.84 Å². The molecular weight excluding hydrogens is 201 g/mol. The summed E-state index contributed by atoms with van der Waals surface area (Å²) in [6.07, 6.45) is 0. The molecule has 1 N–H and O–H groups in total. The zero-order valence-corrected chi connectivity index (χ0v) is 6.90. The molecule has 1 aliphatic rings. The Labute approximate surface area is 55.5 Å². The Kier molecular flexibility index (Phi) is 1.92. The van der Waals surface area contributed by atoms with Crippen LogP contribution in [-0.4, -0.2) is 10.5 Å². The fourth-order valence-corrected chi connectivity index (χ4v) is 3.07. The van der Waals surface area contributed by atoms with Crippen LogP contribution in [0.15, 0.2) is 0 Å². The van der Waals surface area contributed by atoms with Crippen LogP contribution in [0.3, 0.4) is 0 Å². The van der Waals surface area contributed by atoms with Gasteiger partial charge in [0.25, 0.3) is 0 Å². The molecule has 2 heteroatoms. The number of halogens is 1. The third kappa shape index (κ3) is 1.29.